The second-order valence-corrected chi connectivity index (χ2v) is 13.0. The Hall–Kier alpha value is -5.51. The quantitative estimate of drug-likeness (QED) is 0.195. The number of fused-ring (bicyclic) bond motifs is 4. The van der Waals surface area contributed by atoms with Crippen molar-refractivity contribution < 1.29 is 4.42 Å². The van der Waals surface area contributed by atoms with Crippen molar-refractivity contribution >= 4 is 42.6 Å². The SMILES string of the molecule is C1=CCC(c2ccc(-c3nc4c(-c5ccc6sc7ccccc7c6c5)cc(-c5cccc(-c6ccccc6)c5)cc4o3)cc2)C=C1. The van der Waals surface area contributed by atoms with Crippen molar-refractivity contribution in [3.05, 3.63) is 163 Å². The summed E-state index contributed by atoms with van der Waals surface area (Å²) in [4.78, 5) is 5.14. The fraction of sp³-hybridized carbons (Fsp3) is 0.0465. The molecule has 0 saturated carbocycles. The van der Waals surface area contributed by atoms with Gasteiger partial charge in [-0.1, -0.05) is 109 Å². The van der Waals surface area contributed by atoms with Gasteiger partial charge in [0.2, 0.25) is 5.89 Å². The molecule has 2 nitrogen and oxygen atoms in total. The first kappa shape index (κ1) is 26.9. The highest BCUT2D eigenvalue weighted by atomic mass is 32.1. The predicted molar refractivity (Wildman–Crippen MR) is 194 cm³/mol. The van der Waals surface area contributed by atoms with Gasteiger partial charge < -0.3 is 4.42 Å². The van der Waals surface area contributed by atoms with Crippen LogP contribution in [-0.2, 0) is 0 Å². The van der Waals surface area contributed by atoms with Gasteiger partial charge in [0.25, 0.3) is 0 Å². The standard InChI is InChI=1S/C43H29NOS/c1-3-10-28(11-4-1)30-18-20-31(21-19-30)43-44-42-37(34-22-23-41-38(25-34)36-16-7-8-17-40(36)46-41)26-35(27-39(42)45-43)33-15-9-14-32(24-33)29-12-5-2-6-13-29/h1-10,12-28H,11H2. The molecule has 9 rings (SSSR count). The number of allylic oxidation sites excluding steroid dienone is 4. The topological polar surface area (TPSA) is 26.0 Å². The first-order chi connectivity index (χ1) is 22.8. The molecule has 1 atom stereocenters. The summed E-state index contributed by atoms with van der Waals surface area (Å²) in [5.74, 6) is 1.05. The Morgan fingerprint density at radius 1 is 0.565 bits per heavy atom. The number of hydrogen-bond donors (Lipinski definition) is 0. The van der Waals surface area contributed by atoms with E-state index >= 15 is 0 Å². The van der Waals surface area contributed by atoms with Gasteiger partial charge in [-0.25, -0.2) is 4.98 Å². The van der Waals surface area contributed by atoms with Crippen LogP contribution in [0, 0.1) is 0 Å². The zero-order valence-corrected chi connectivity index (χ0v) is 25.9. The molecule has 218 valence electrons. The van der Waals surface area contributed by atoms with Gasteiger partial charge in [0, 0.05) is 37.2 Å². The maximum atomic E-state index is 6.59. The Labute approximate surface area is 271 Å². The van der Waals surface area contributed by atoms with E-state index in [2.05, 4.69) is 158 Å². The van der Waals surface area contributed by atoms with Gasteiger partial charge in [-0.3, -0.25) is 0 Å². The van der Waals surface area contributed by atoms with Gasteiger partial charge in [-0.15, -0.1) is 11.3 Å². The minimum Gasteiger partial charge on any atom is -0.436 e. The van der Waals surface area contributed by atoms with Crippen molar-refractivity contribution in [3.63, 3.8) is 0 Å². The van der Waals surface area contributed by atoms with Crippen LogP contribution in [0.15, 0.2) is 162 Å². The van der Waals surface area contributed by atoms with E-state index in [1.165, 1.54) is 36.9 Å². The van der Waals surface area contributed by atoms with Crippen molar-refractivity contribution in [2.75, 3.05) is 0 Å². The third-order valence-corrected chi connectivity index (χ3v) is 10.2. The molecule has 1 aliphatic carbocycles. The average molecular weight is 608 g/mol. The number of thiophene rings is 1. The van der Waals surface area contributed by atoms with E-state index in [9.17, 15) is 0 Å². The van der Waals surface area contributed by atoms with Crippen LogP contribution in [0.25, 0.3) is 76.1 Å². The lowest BCUT2D eigenvalue weighted by Crippen LogP contribution is -1.95. The predicted octanol–water partition coefficient (Wildman–Crippen LogP) is 12.5. The number of hydrogen-bond acceptors (Lipinski definition) is 3. The summed E-state index contributed by atoms with van der Waals surface area (Å²) in [5.41, 5.74) is 10.8. The summed E-state index contributed by atoms with van der Waals surface area (Å²) in [6, 6.07) is 47.8. The monoisotopic (exact) mass is 607 g/mol. The fourth-order valence-electron chi connectivity index (χ4n) is 6.64. The molecule has 46 heavy (non-hydrogen) atoms. The van der Waals surface area contributed by atoms with Gasteiger partial charge in [-0.2, -0.15) is 0 Å². The Kier molecular flexibility index (Phi) is 6.50. The lowest BCUT2D eigenvalue weighted by molar-refractivity contribution is 0.620. The van der Waals surface area contributed by atoms with Crippen LogP contribution >= 0.6 is 11.3 Å². The largest absolute Gasteiger partial charge is 0.436 e. The number of nitrogens with zero attached hydrogens (tertiary/aromatic N) is 1. The molecule has 0 fully saturated rings. The second kappa shape index (κ2) is 11.1. The summed E-state index contributed by atoms with van der Waals surface area (Å²) in [6.07, 6.45) is 9.77. The third kappa shape index (κ3) is 4.77. The molecule has 2 heterocycles. The van der Waals surface area contributed by atoms with Crippen LogP contribution in [0.4, 0.5) is 0 Å². The molecular weight excluding hydrogens is 579 g/mol. The molecule has 3 heteroatoms. The Balaban J connectivity index is 1.20. The number of rotatable bonds is 5. The Bertz CT molecular complexity index is 2440. The maximum Gasteiger partial charge on any atom is 0.227 e. The van der Waals surface area contributed by atoms with Crippen molar-refractivity contribution in [1.29, 1.82) is 0 Å². The Morgan fingerprint density at radius 3 is 2.17 bits per heavy atom. The average Bonchev–Trinajstić information content (AvgIpc) is 3.74. The van der Waals surface area contributed by atoms with Gasteiger partial charge in [0.05, 0.1) is 0 Å². The number of aromatic nitrogens is 1. The smallest absolute Gasteiger partial charge is 0.227 e. The first-order valence-corrected chi connectivity index (χ1v) is 16.5. The molecule has 2 aromatic heterocycles. The minimum atomic E-state index is 0.409. The van der Waals surface area contributed by atoms with Gasteiger partial charge in [0.15, 0.2) is 5.58 Å². The van der Waals surface area contributed by atoms with Gasteiger partial charge in [0.1, 0.15) is 5.52 Å². The van der Waals surface area contributed by atoms with Crippen LogP contribution in [-0.4, -0.2) is 4.98 Å². The minimum absolute atomic E-state index is 0.409. The molecule has 0 radical (unpaired) electrons. The maximum absolute atomic E-state index is 6.59. The molecule has 8 aromatic rings. The molecule has 0 bridgehead atoms. The van der Waals surface area contributed by atoms with E-state index < -0.39 is 0 Å². The van der Waals surface area contributed by atoms with E-state index in [0.29, 0.717) is 11.8 Å². The second-order valence-electron chi connectivity index (χ2n) is 11.9. The van der Waals surface area contributed by atoms with Crippen molar-refractivity contribution in [1.82, 2.24) is 4.98 Å². The lowest BCUT2D eigenvalue weighted by atomic mass is 9.92. The summed E-state index contributed by atoms with van der Waals surface area (Å²) >= 11 is 1.84. The fourth-order valence-corrected chi connectivity index (χ4v) is 7.73. The molecule has 0 amide bonds. The van der Waals surface area contributed by atoms with Gasteiger partial charge in [-0.05, 0) is 88.3 Å². The van der Waals surface area contributed by atoms with E-state index in [-0.39, 0.29) is 0 Å². The van der Waals surface area contributed by atoms with Crippen molar-refractivity contribution in [3.8, 4) is 44.8 Å². The molecule has 0 N–H and O–H groups in total. The molecule has 0 spiro atoms. The molecule has 6 aromatic carbocycles. The highest BCUT2D eigenvalue weighted by molar-refractivity contribution is 7.25. The Morgan fingerprint density at radius 2 is 1.33 bits per heavy atom. The highest BCUT2D eigenvalue weighted by Crippen LogP contribution is 2.41. The van der Waals surface area contributed by atoms with Crippen LogP contribution in [0.1, 0.15) is 17.9 Å². The third-order valence-electron chi connectivity index (χ3n) is 9.05. The molecule has 1 unspecified atom stereocenters. The normalized spacial score (nSPS) is 14.5. The van der Waals surface area contributed by atoms with E-state index in [1.54, 1.807) is 0 Å². The first-order valence-electron chi connectivity index (χ1n) is 15.7. The van der Waals surface area contributed by atoms with Gasteiger partial charge >= 0.3 is 0 Å². The zero-order chi connectivity index (χ0) is 30.5. The highest BCUT2D eigenvalue weighted by Gasteiger charge is 2.18. The number of benzene rings is 6. The summed E-state index contributed by atoms with van der Waals surface area (Å²) < 4.78 is 9.18. The van der Waals surface area contributed by atoms with E-state index in [0.717, 1.165) is 45.3 Å². The zero-order valence-electron chi connectivity index (χ0n) is 25.1. The van der Waals surface area contributed by atoms with Crippen molar-refractivity contribution in [2.45, 2.75) is 12.3 Å². The molecule has 0 aliphatic heterocycles. The summed E-state index contributed by atoms with van der Waals surface area (Å²) in [5, 5.41) is 2.56. The van der Waals surface area contributed by atoms with Crippen LogP contribution < -0.4 is 0 Å². The van der Waals surface area contributed by atoms with Crippen LogP contribution in [0.2, 0.25) is 0 Å². The van der Waals surface area contributed by atoms with Crippen molar-refractivity contribution in [2.24, 2.45) is 0 Å². The van der Waals surface area contributed by atoms with Crippen LogP contribution in [0.3, 0.4) is 0 Å². The molecule has 0 saturated heterocycles. The van der Waals surface area contributed by atoms with E-state index in [4.69, 9.17) is 9.40 Å². The molecule has 1 aliphatic rings. The summed E-state index contributed by atoms with van der Waals surface area (Å²) in [6.45, 7) is 0. The van der Waals surface area contributed by atoms with E-state index in [1.807, 2.05) is 11.3 Å². The summed E-state index contributed by atoms with van der Waals surface area (Å²) in [7, 11) is 0. The van der Waals surface area contributed by atoms with Crippen LogP contribution in [0.5, 0.6) is 0 Å². The number of oxazole rings is 1. The molecular formula is C43H29NOS. The lowest BCUT2D eigenvalue weighted by Gasteiger charge is -2.13.